The molecule has 1 aliphatic rings. The van der Waals surface area contributed by atoms with Crippen LogP contribution >= 0.6 is 0 Å². The van der Waals surface area contributed by atoms with Gasteiger partial charge in [-0.05, 0) is 32.7 Å². The Morgan fingerprint density at radius 1 is 1.50 bits per heavy atom. The molecule has 20 heavy (non-hydrogen) atoms. The van der Waals surface area contributed by atoms with E-state index in [1.807, 2.05) is 18.7 Å². The van der Waals surface area contributed by atoms with Gasteiger partial charge >= 0.3 is 5.97 Å². The lowest BCUT2D eigenvalue weighted by atomic mass is 9.77. The van der Waals surface area contributed by atoms with E-state index in [-0.39, 0.29) is 18.5 Å². The number of piperidine rings is 1. The summed E-state index contributed by atoms with van der Waals surface area (Å²) in [4.78, 5) is 25.3. The van der Waals surface area contributed by atoms with Gasteiger partial charge in [0.15, 0.2) is 0 Å². The molecule has 1 aliphatic heterocycles. The number of rotatable bonds is 7. The molecule has 1 saturated heterocycles. The molecular formula is C14H26N2O4. The van der Waals surface area contributed by atoms with E-state index in [2.05, 4.69) is 5.32 Å². The van der Waals surface area contributed by atoms with E-state index >= 15 is 0 Å². The van der Waals surface area contributed by atoms with E-state index in [0.29, 0.717) is 26.0 Å². The Morgan fingerprint density at radius 3 is 2.75 bits per heavy atom. The molecule has 2 N–H and O–H groups in total. The van der Waals surface area contributed by atoms with E-state index in [1.54, 1.807) is 7.11 Å². The van der Waals surface area contributed by atoms with Crippen molar-refractivity contribution in [3.63, 3.8) is 0 Å². The van der Waals surface area contributed by atoms with Gasteiger partial charge in [-0.2, -0.15) is 0 Å². The lowest BCUT2D eigenvalue weighted by Crippen LogP contribution is -2.51. The zero-order chi connectivity index (χ0) is 15.2. The summed E-state index contributed by atoms with van der Waals surface area (Å²) in [6, 6.07) is -0.0345. The standard InChI is InChI=1S/C14H26N2O4/c1-4-14(13(18)19)6-5-7-16(10-14)8-12(17)15-11(2)9-20-3/h11H,4-10H2,1-3H3,(H,15,17)(H,18,19). The average Bonchev–Trinajstić information content (AvgIpc) is 2.38. The van der Waals surface area contributed by atoms with Gasteiger partial charge in [-0.25, -0.2) is 0 Å². The van der Waals surface area contributed by atoms with E-state index in [4.69, 9.17) is 4.74 Å². The molecule has 0 spiro atoms. The van der Waals surface area contributed by atoms with Crippen LogP contribution in [0.1, 0.15) is 33.1 Å². The van der Waals surface area contributed by atoms with Crippen LogP contribution in [0.15, 0.2) is 0 Å². The van der Waals surface area contributed by atoms with Gasteiger partial charge in [0.1, 0.15) is 0 Å². The van der Waals surface area contributed by atoms with Crippen LogP contribution in [-0.2, 0) is 14.3 Å². The predicted molar refractivity (Wildman–Crippen MR) is 75.5 cm³/mol. The molecule has 2 atom stereocenters. The van der Waals surface area contributed by atoms with Gasteiger partial charge in [0, 0.05) is 19.7 Å². The molecule has 0 aromatic carbocycles. The van der Waals surface area contributed by atoms with Gasteiger partial charge in [0.2, 0.25) is 5.91 Å². The fourth-order valence-electron chi connectivity index (χ4n) is 2.79. The van der Waals surface area contributed by atoms with E-state index in [9.17, 15) is 14.7 Å². The highest BCUT2D eigenvalue weighted by Crippen LogP contribution is 2.33. The Balaban J connectivity index is 2.51. The maximum absolute atomic E-state index is 11.9. The van der Waals surface area contributed by atoms with Crippen molar-refractivity contribution in [2.24, 2.45) is 5.41 Å². The summed E-state index contributed by atoms with van der Waals surface area (Å²) in [6.07, 6.45) is 2.11. The monoisotopic (exact) mass is 286 g/mol. The van der Waals surface area contributed by atoms with Crippen LogP contribution in [0.4, 0.5) is 0 Å². The Kier molecular flexibility index (Phi) is 6.42. The first-order chi connectivity index (χ1) is 9.43. The number of hydrogen-bond donors (Lipinski definition) is 2. The maximum Gasteiger partial charge on any atom is 0.310 e. The van der Waals surface area contributed by atoms with Crippen LogP contribution in [0, 0.1) is 5.41 Å². The highest BCUT2D eigenvalue weighted by atomic mass is 16.5. The number of carbonyl (C=O) groups is 2. The zero-order valence-electron chi connectivity index (χ0n) is 12.6. The van der Waals surface area contributed by atoms with Crippen molar-refractivity contribution in [3.8, 4) is 0 Å². The van der Waals surface area contributed by atoms with Crippen LogP contribution in [-0.4, -0.2) is 61.3 Å². The number of carbonyl (C=O) groups excluding carboxylic acids is 1. The van der Waals surface area contributed by atoms with Gasteiger partial charge in [-0.3, -0.25) is 14.5 Å². The molecule has 0 aliphatic carbocycles. The number of nitrogens with one attached hydrogen (secondary N) is 1. The molecular weight excluding hydrogens is 260 g/mol. The van der Waals surface area contributed by atoms with Crippen molar-refractivity contribution in [1.82, 2.24) is 10.2 Å². The number of likely N-dealkylation sites (tertiary alicyclic amines) is 1. The van der Waals surface area contributed by atoms with Crippen molar-refractivity contribution >= 4 is 11.9 Å². The summed E-state index contributed by atoms with van der Waals surface area (Å²) in [5.74, 6) is -0.829. The topological polar surface area (TPSA) is 78.9 Å². The largest absolute Gasteiger partial charge is 0.481 e. The quantitative estimate of drug-likeness (QED) is 0.721. The van der Waals surface area contributed by atoms with Crippen LogP contribution in [0.25, 0.3) is 0 Å². The van der Waals surface area contributed by atoms with Gasteiger partial charge in [-0.1, -0.05) is 6.92 Å². The molecule has 6 heteroatoms. The van der Waals surface area contributed by atoms with Crippen molar-refractivity contribution in [1.29, 1.82) is 0 Å². The number of carboxylic acids is 1. The average molecular weight is 286 g/mol. The second kappa shape index (κ2) is 7.59. The molecule has 0 aromatic rings. The number of nitrogens with zero attached hydrogens (tertiary/aromatic N) is 1. The minimum atomic E-state index is -0.752. The van der Waals surface area contributed by atoms with Crippen molar-refractivity contribution in [2.45, 2.75) is 39.2 Å². The minimum absolute atomic E-state index is 0.0345. The van der Waals surface area contributed by atoms with Crippen molar-refractivity contribution < 1.29 is 19.4 Å². The highest BCUT2D eigenvalue weighted by molar-refractivity contribution is 5.79. The molecule has 0 saturated carbocycles. The van der Waals surface area contributed by atoms with Crippen LogP contribution in [0.5, 0.6) is 0 Å². The Bertz CT molecular complexity index is 348. The molecule has 0 bridgehead atoms. The first-order valence-electron chi connectivity index (χ1n) is 7.17. The third kappa shape index (κ3) is 4.45. The Labute approximate surface area is 120 Å². The van der Waals surface area contributed by atoms with Crippen LogP contribution in [0.2, 0.25) is 0 Å². The molecule has 1 amide bonds. The second-order valence-corrected chi connectivity index (χ2v) is 5.68. The molecule has 0 radical (unpaired) electrons. The van der Waals surface area contributed by atoms with Gasteiger partial charge in [0.05, 0.1) is 18.6 Å². The molecule has 6 nitrogen and oxygen atoms in total. The third-order valence-corrected chi connectivity index (χ3v) is 3.98. The SMILES string of the molecule is CCC1(C(=O)O)CCCN(CC(=O)NC(C)COC)C1. The lowest BCUT2D eigenvalue weighted by molar-refractivity contribution is -0.153. The van der Waals surface area contributed by atoms with Gasteiger partial charge < -0.3 is 15.2 Å². The summed E-state index contributed by atoms with van der Waals surface area (Å²) >= 11 is 0. The minimum Gasteiger partial charge on any atom is -0.481 e. The summed E-state index contributed by atoms with van der Waals surface area (Å²) in [7, 11) is 1.59. The lowest BCUT2D eigenvalue weighted by Gasteiger charge is -2.39. The number of ether oxygens (including phenoxy) is 1. The molecule has 1 fully saturated rings. The number of methoxy groups -OCH3 is 1. The Hall–Kier alpha value is -1.14. The molecule has 0 aromatic heterocycles. The van der Waals surface area contributed by atoms with Crippen molar-refractivity contribution in [2.75, 3.05) is 33.4 Å². The van der Waals surface area contributed by atoms with Crippen LogP contribution in [0.3, 0.4) is 0 Å². The fourth-order valence-corrected chi connectivity index (χ4v) is 2.79. The Morgan fingerprint density at radius 2 is 2.20 bits per heavy atom. The number of carboxylic acid groups (broad SMARTS) is 1. The van der Waals surface area contributed by atoms with E-state index in [0.717, 1.165) is 13.0 Å². The second-order valence-electron chi connectivity index (χ2n) is 5.68. The number of amides is 1. The normalized spacial score (nSPS) is 25.1. The fraction of sp³-hybridized carbons (Fsp3) is 0.857. The van der Waals surface area contributed by atoms with Crippen LogP contribution < -0.4 is 5.32 Å². The molecule has 2 unspecified atom stereocenters. The summed E-state index contributed by atoms with van der Waals surface area (Å²) in [5, 5.41) is 12.3. The van der Waals surface area contributed by atoms with E-state index < -0.39 is 11.4 Å². The predicted octanol–water partition coefficient (Wildman–Crippen LogP) is 0.714. The molecule has 1 heterocycles. The van der Waals surface area contributed by atoms with Crippen molar-refractivity contribution in [3.05, 3.63) is 0 Å². The summed E-state index contributed by atoms with van der Waals surface area (Å²) in [5.41, 5.74) is -0.698. The maximum atomic E-state index is 11.9. The molecule has 1 rings (SSSR count). The smallest absolute Gasteiger partial charge is 0.310 e. The molecule has 116 valence electrons. The first-order valence-corrected chi connectivity index (χ1v) is 7.17. The number of hydrogen-bond acceptors (Lipinski definition) is 4. The van der Waals surface area contributed by atoms with Gasteiger partial charge in [0.25, 0.3) is 0 Å². The van der Waals surface area contributed by atoms with Gasteiger partial charge in [-0.15, -0.1) is 0 Å². The zero-order valence-corrected chi connectivity index (χ0v) is 12.6. The summed E-state index contributed by atoms with van der Waals surface area (Å²) < 4.78 is 4.97. The summed E-state index contributed by atoms with van der Waals surface area (Å²) in [6.45, 7) is 5.73. The first kappa shape index (κ1) is 16.9. The third-order valence-electron chi connectivity index (χ3n) is 3.98. The van der Waals surface area contributed by atoms with E-state index in [1.165, 1.54) is 0 Å². The number of aliphatic carboxylic acids is 1. The highest BCUT2D eigenvalue weighted by Gasteiger charge is 2.41.